The van der Waals surface area contributed by atoms with Gasteiger partial charge in [-0.3, -0.25) is 0 Å². The Labute approximate surface area is 108 Å². The summed E-state index contributed by atoms with van der Waals surface area (Å²) in [4.78, 5) is 0. The van der Waals surface area contributed by atoms with Crippen LogP contribution in [0.2, 0.25) is 0 Å². The smallest absolute Gasteiger partial charge is 0.854 e. The quantitative estimate of drug-likeness (QED) is 0.381. The molecule has 0 unspecified atom stereocenters. The minimum atomic E-state index is 0. The van der Waals surface area contributed by atoms with Gasteiger partial charge in [0.15, 0.2) is 0 Å². The van der Waals surface area contributed by atoms with Crippen LogP contribution in [0.5, 0.6) is 0 Å². The Morgan fingerprint density at radius 1 is 0.800 bits per heavy atom. The van der Waals surface area contributed by atoms with E-state index in [9.17, 15) is 10.2 Å². The first-order valence-electron chi connectivity index (χ1n) is 2.99. The van der Waals surface area contributed by atoms with Crippen molar-refractivity contribution < 1.29 is 69.3 Å². The molecule has 4 heteroatoms. The molecule has 0 radical (unpaired) electrons. The van der Waals surface area contributed by atoms with E-state index in [-0.39, 0.29) is 72.3 Å². The first-order valence-corrected chi connectivity index (χ1v) is 2.99. The van der Waals surface area contributed by atoms with Crippen LogP contribution in [-0.2, 0) is 0 Å². The van der Waals surface area contributed by atoms with Gasteiger partial charge in [0.2, 0.25) is 0 Å². The van der Waals surface area contributed by atoms with Crippen LogP contribution < -0.4 is 69.3 Å². The van der Waals surface area contributed by atoms with Gasteiger partial charge in [0.1, 0.15) is 0 Å². The van der Waals surface area contributed by atoms with Gasteiger partial charge in [-0.1, -0.05) is 26.7 Å². The van der Waals surface area contributed by atoms with E-state index in [0.29, 0.717) is 0 Å². The summed E-state index contributed by atoms with van der Waals surface area (Å²) in [5, 5.41) is 18.6. The van der Waals surface area contributed by atoms with Crippen LogP contribution >= 0.6 is 0 Å². The van der Waals surface area contributed by atoms with Gasteiger partial charge in [-0.25, -0.2) is 0 Å². The average Bonchev–Trinajstić information content (AvgIpc) is 1.88. The minimum Gasteiger partial charge on any atom is -0.854 e. The van der Waals surface area contributed by atoms with Crippen molar-refractivity contribution in [2.24, 2.45) is 0 Å². The molecular formula is C6H14Na2O2. The van der Waals surface area contributed by atoms with Crippen molar-refractivity contribution in [2.75, 3.05) is 13.2 Å². The molecule has 0 saturated heterocycles. The summed E-state index contributed by atoms with van der Waals surface area (Å²) in [6.07, 6.45) is 1.53. The van der Waals surface area contributed by atoms with Crippen molar-refractivity contribution in [1.82, 2.24) is 0 Å². The molecule has 0 aliphatic rings. The zero-order chi connectivity index (χ0) is 6.83. The van der Waals surface area contributed by atoms with E-state index in [2.05, 4.69) is 0 Å². The first kappa shape index (κ1) is 22.7. The molecule has 0 N–H and O–H groups in total. The van der Waals surface area contributed by atoms with Crippen molar-refractivity contribution in [3.63, 3.8) is 0 Å². The molecule has 0 aliphatic carbocycles. The van der Waals surface area contributed by atoms with Gasteiger partial charge in [0, 0.05) is 0 Å². The zero-order valence-corrected chi connectivity index (χ0v) is 11.6. The van der Waals surface area contributed by atoms with Gasteiger partial charge in [-0.05, 0) is 0 Å². The summed E-state index contributed by atoms with van der Waals surface area (Å²) in [5.74, 6) is 0. The van der Waals surface area contributed by atoms with Gasteiger partial charge in [0.05, 0.1) is 0 Å². The molecule has 0 aliphatic heterocycles. The molecule has 0 rings (SSSR count). The van der Waals surface area contributed by atoms with Crippen LogP contribution in [0.3, 0.4) is 0 Å². The average molecular weight is 164 g/mol. The molecule has 0 fully saturated rings. The Balaban J connectivity index is -0.0000000300. The maximum atomic E-state index is 9.30. The molecule has 10 heavy (non-hydrogen) atoms. The third-order valence-electron chi connectivity index (χ3n) is 0.408. The minimum absolute atomic E-state index is 0. The summed E-state index contributed by atoms with van der Waals surface area (Å²) in [6.45, 7) is 3.88. The fourth-order valence-corrected chi connectivity index (χ4v) is 0. The summed E-state index contributed by atoms with van der Waals surface area (Å²) < 4.78 is 0. The largest absolute Gasteiger partial charge is 1.00 e. The topological polar surface area (TPSA) is 46.1 Å². The Morgan fingerprint density at radius 3 is 0.900 bits per heavy atom. The third-order valence-corrected chi connectivity index (χ3v) is 0.408. The van der Waals surface area contributed by atoms with E-state index in [1.807, 2.05) is 13.8 Å². The molecule has 0 aromatic heterocycles. The second kappa shape index (κ2) is 30.7. The van der Waals surface area contributed by atoms with Crippen molar-refractivity contribution in [2.45, 2.75) is 26.7 Å². The monoisotopic (exact) mass is 164 g/mol. The third kappa shape index (κ3) is 51.4. The van der Waals surface area contributed by atoms with Crippen molar-refractivity contribution in [3.05, 3.63) is 0 Å². The maximum absolute atomic E-state index is 9.30. The fraction of sp³-hybridized carbons (Fsp3) is 1.00. The van der Waals surface area contributed by atoms with Gasteiger partial charge in [-0.15, -0.1) is 13.2 Å². The maximum Gasteiger partial charge on any atom is 1.00 e. The molecule has 2 nitrogen and oxygen atoms in total. The van der Waals surface area contributed by atoms with E-state index < -0.39 is 0 Å². The molecule has 0 aromatic rings. The van der Waals surface area contributed by atoms with Gasteiger partial charge in [-0.2, -0.15) is 0 Å². The number of hydrogen-bond acceptors (Lipinski definition) is 2. The van der Waals surface area contributed by atoms with E-state index >= 15 is 0 Å². The molecule has 0 saturated carbocycles. The summed E-state index contributed by atoms with van der Waals surface area (Å²) in [7, 11) is 0. The van der Waals surface area contributed by atoms with Crippen molar-refractivity contribution in [3.8, 4) is 0 Å². The Hall–Kier alpha value is 1.92. The standard InChI is InChI=1S/2C3H7O.2Na/c2*1-2-3-4;;/h2*2-3H2,1H3;;/q2*-1;2*+1. The van der Waals surface area contributed by atoms with E-state index in [4.69, 9.17) is 0 Å². The zero-order valence-electron chi connectivity index (χ0n) is 7.64. The van der Waals surface area contributed by atoms with Crippen LogP contribution in [0.4, 0.5) is 0 Å². The van der Waals surface area contributed by atoms with Crippen LogP contribution in [-0.4, -0.2) is 13.2 Å². The van der Waals surface area contributed by atoms with Crippen molar-refractivity contribution >= 4 is 0 Å². The second-order valence-electron chi connectivity index (χ2n) is 1.41. The van der Waals surface area contributed by atoms with Gasteiger partial charge >= 0.3 is 59.1 Å². The number of hydrogen-bond donors (Lipinski definition) is 0. The SMILES string of the molecule is CCC[O-].CCC[O-].[Na+].[Na+]. The van der Waals surface area contributed by atoms with Gasteiger partial charge < -0.3 is 10.2 Å². The predicted molar refractivity (Wildman–Crippen MR) is 30.3 cm³/mol. The fourth-order valence-electron chi connectivity index (χ4n) is 0. The molecule has 52 valence electrons. The Morgan fingerprint density at radius 2 is 0.900 bits per heavy atom. The molecule has 0 atom stereocenters. The summed E-state index contributed by atoms with van der Waals surface area (Å²) in [6, 6.07) is 0. The van der Waals surface area contributed by atoms with Crippen molar-refractivity contribution in [1.29, 1.82) is 0 Å². The molecule has 0 aromatic carbocycles. The molecule has 0 amide bonds. The Bertz CT molecular complexity index is 21.7. The normalized spacial score (nSPS) is 6.00. The molecule has 0 bridgehead atoms. The molecular weight excluding hydrogens is 150 g/mol. The van der Waals surface area contributed by atoms with Crippen LogP contribution in [0.25, 0.3) is 0 Å². The van der Waals surface area contributed by atoms with Gasteiger partial charge in [0.25, 0.3) is 0 Å². The van der Waals surface area contributed by atoms with E-state index in [1.165, 1.54) is 0 Å². The summed E-state index contributed by atoms with van der Waals surface area (Å²) >= 11 is 0. The summed E-state index contributed by atoms with van der Waals surface area (Å²) in [5.41, 5.74) is 0. The second-order valence-corrected chi connectivity index (χ2v) is 1.41. The molecule has 0 spiro atoms. The van der Waals surface area contributed by atoms with Crippen LogP contribution in [0, 0.1) is 0 Å². The first-order chi connectivity index (χ1) is 3.83. The predicted octanol–water partition coefficient (Wildman–Crippen LogP) is -6.48. The number of rotatable bonds is 2. The van der Waals surface area contributed by atoms with Crippen LogP contribution in [0.1, 0.15) is 26.7 Å². The van der Waals surface area contributed by atoms with E-state index in [1.54, 1.807) is 0 Å². The molecule has 0 heterocycles. The Kier molecular flexibility index (Phi) is 69.5. The van der Waals surface area contributed by atoms with Crippen LogP contribution in [0.15, 0.2) is 0 Å². The van der Waals surface area contributed by atoms with E-state index in [0.717, 1.165) is 12.8 Å².